The Balaban J connectivity index is 1.57. The van der Waals surface area contributed by atoms with Gasteiger partial charge >= 0.3 is 0 Å². The first kappa shape index (κ1) is 16.6. The monoisotopic (exact) mass is 346 g/mol. The molecule has 1 amide bonds. The van der Waals surface area contributed by atoms with E-state index in [2.05, 4.69) is 4.98 Å². The van der Waals surface area contributed by atoms with Crippen molar-refractivity contribution in [1.29, 1.82) is 0 Å². The number of aryl methyl sites for hydroxylation is 1. The molecule has 1 aromatic carbocycles. The summed E-state index contributed by atoms with van der Waals surface area (Å²) in [4.78, 5) is 19.6. The summed E-state index contributed by atoms with van der Waals surface area (Å²) in [6.45, 7) is 2.70. The molecular formula is C22H22N2O2. The second kappa shape index (κ2) is 7.16. The number of rotatable bonds is 3. The first-order valence-corrected chi connectivity index (χ1v) is 9.11. The largest absolute Gasteiger partial charge is 0.461 e. The lowest BCUT2D eigenvalue weighted by molar-refractivity contribution is 0.0606. The van der Waals surface area contributed by atoms with E-state index in [1.807, 2.05) is 66.4 Å². The minimum atomic E-state index is 0.0600. The average molecular weight is 346 g/mol. The Morgan fingerprint density at radius 1 is 1.08 bits per heavy atom. The Morgan fingerprint density at radius 3 is 2.62 bits per heavy atom. The summed E-state index contributed by atoms with van der Waals surface area (Å²) in [6.07, 6.45) is 4.93. The molecule has 1 saturated heterocycles. The van der Waals surface area contributed by atoms with Crippen molar-refractivity contribution >= 4 is 5.91 Å². The lowest BCUT2D eigenvalue weighted by Crippen LogP contribution is -2.38. The van der Waals surface area contributed by atoms with Crippen LogP contribution in [0.4, 0.5) is 0 Å². The molecule has 0 spiro atoms. The van der Waals surface area contributed by atoms with Gasteiger partial charge < -0.3 is 9.32 Å². The molecule has 0 N–H and O–H groups in total. The molecule has 0 saturated carbocycles. The van der Waals surface area contributed by atoms with Crippen LogP contribution in [0.15, 0.2) is 65.2 Å². The van der Waals surface area contributed by atoms with E-state index in [0.717, 1.165) is 48.6 Å². The van der Waals surface area contributed by atoms with E-state index in [1.54, 1.807) is 6.20 Å². The lowest BCUT2D eigenvalue weighted by Gasteiger charge is -2.35. The molecular weight excluding hydrogens is 324 g/mol. The van der Waals surface area contributed by atoms with Crippen LogP contribution < -0.4 is 0 Å². The number of carbonyl (C=O) groups is 1. The van der Waals surface area contributed by atoms with E-state index in [9.17, 15) is 4.79 Å². The quantitative estimate of drug-likeness (QED) is 0.669. The summed E-state index contributed by atoms with van der Waals surface area (Å²) in [5.74, 6) is 1.78. The van der Waals surface area contributed by atoms with E-state index in [0.29, 0.717) is 5.56 Å². The van der Waals surface area contributed by atoms with Gasteiger partial charge in [-0.15, -0.1) is 0 Å². The molecule has 132 valence electrons. The normalized spacial score (nSPS) is 17.3. The van der Waals surface area contributed by atoms with Gasteiger partial charge in [0.05, 0.1) is 11.7 Å². The molecule has 4 heteroatoms. The number of nitrogens with zero attached hydrogens (tertiary/aromatic N) is 2. The van der Waals surface area contributed by atoms with Crippen LogP contribution in [0.25, 0.3) is 11.3 Å². The van der Waals surface area contributed by atoms with Crippen molar-refractivity contribution in [2.24, 2.45) is 0 Å². The lowest BCUT2D eigenvalue weighted by atomic mass is 9.97. The number of carbonyl (C=O) groups excluding carboxylic acids is 1. The van der Waals surface area contributed by atoms with Gasteiger partial charge in [0, 0.05) is 23.9 Å². The fourth-order valence-electron chi connectivity index (χ4n) is 3.59. The Morgan fingerprint density at radius 2 is 1.92 bits per heavy atom. The predicted octanol–water partition coefficient (Wildman–Crippen LogP) is 5.02. The second-order valence-corrected chi connectivity index (χ2v) is 6.75. The zero-order chi connectivity index (χ0) is 17.9. The molecule has 1 unspecified atom stereocenters. The summed E-state index contributed by atoms with van der Waals surface area (Å²) >= 11 is 0. The Labute approximate surface area is 153 Å². The number of furan rings is 1. The van der Waals surface area contributed by atoms with Gasteiger partial charge in [0.1, 0.15) is 11.5 Å². The van der Waals surface area contributed by atoms with E-state index in [4.69, 9.17) is 4.42 Å². The van der Waals surface area contributed by atoms with Gasteiger partial charge in [-0.05, 0) is 62.6 Å². The highest BCUT2D eigenvalue weighted by molar-refractivity contribution is 5.95. The number of hydrogen-bond donors (Lipinski definition) is 0. The van der Waals surface area contributed by atoms with Crippen LogP contribution in [0.3, 0.4) is 0 Å². The van der Waals surface area contributed by atoms with Crippen molar-refractivity contribution in [3.63, 3.8) is 0 Å². The van der Waals surface area contributed by atoms with E-state index in [1.165, 1.54) is 0 Å². The van der Waals surface area contributed by atoms with Gasteiger partial charge in [-0.2, -0.15) is 0 Å². The van der Waals surface area contributed by atoms with Crippen molar-refractivity contribution in [2.75, 3.05) is 6.54 Å². The molecule has 26 heavy (non-hydrogen) atoms. The first-order valence-electron chi connectivity index (χ1n) is 9.11. The second-order valence-electron chi connectivity index (χ2n) is 6.75. The predicted molar refractivity (Wildman–Crippen MR) is 101 cm³/mol. The number of likely N-dealkylation sites (tertiary alicyclic amines) is 1. The van der Waals surface area contributed by atoms with Crippen LogP contribution in [-0.4, -0.2) is 22.3 Å². The maximum absolute atomic E-state index is 13.1. The highest BCUT2D eigenvalue weighted by Gasteiger charge is 2.29. The SMILES string of the molecule is Cc1ccc(-c2ccc(C(=O)N3CCCCC3c3ccccn3)cc2)o1. The van der Waals surface area contributed by atoms with Crippen LogP contribution >= 0.6 is 0 Å². The maximum atomic E-state index is 13.1. The molecule has 0 bridgehead atoms. The highest BCUT2D eigenvalue weighted by Crippen LogP contribution is 2.31. The smallest absolute Gasteiger partial charge is 0.254 e. The number of aromatic nitrogens is 1. The molecule has 1 aliphatic rings. The van der Waals surface area contributed by atoms with Gasteiger partial charge in [-0.3, -0.25) is 9.78 Å². The third-order valence-electron chi connectivity index (χ3n) is 4.95. The number of benzene rings is 1. The molecule has 0 aliphatic carbocycles. The third kappa shape index (κ3) is 3.27. The zero-order valence-corrected chi connectivity index (χ0v) is 14.9. The van der Waals surface area contributed by atoms with Crippen molar-refractivity contribution < 1.29 is 9.21 Å². The van der Waals surface area contributed by atoms with Crippen LogP contribution in [0, 0.1) is 6.92 Å². The summed E-state index contributed by atoms with van der Waals surface area (Å²) < 4.78 is 5.66. The molecule has 1 fully saturated rings. The summed E-state index contributed by atoms with van der Waals surface area (Å²) in [5.41, 5.74) is 2.66. The Bertz CT molecular complexity index is 884. The van der Waals surface area contributed by atoms with Crippen molar-refractivity contribution in [1.82, 2.24) is 9.88 Å². The Kier molecular flexibility index (Phi) is 4.57. The van der Waals surface area contributed by atoms with Crippen LogP contribution in [0.1, 0.15) is 47.1 Å². The fraction of sp³-hybridized carbons (Fsp3) is 0.273. The van der Waals surface area contributed by atoms with E-state index < -0.39 is 0 Å². The van der Waals surface area contributed by atoms with E-state index in [-0.39, 0.29) is 11.9 Å². The average Bonchev–Trinajstić information content (AvgIpc) is 3.14. The van der Waals surface area contributed by atoms with Crippen LogP contribution in [0.5, 0.6) is 0 Å². The Hall–Kier alpha value is -2.88. The summed E-state index contributed by atoms with van der Waals surface area (Å²) in [7, 11) is 0. The third-order valence-corrected chi connectivity index (χ3v) is 4.95. The summed E-state index contributed by atoms with van der Waals surface area (Å²) in [6, 6.07) is 17.5. The number of piperidine rings is 1. The summed E-state index contributed by atoms with van der Waals surface area (Å²) in [5, 5.41) is 0. The molecule has 4 rings (SSSR count). The highest BCUT2D eigenvalue weighted by atomic mass is 16.3. The molecule has 3 heterocycles. The molecule has 4 nitrogen and oxygen atoms in total. The minimum absolute atomic E-state index is 0.0600. The van der Waals surface area contributed by atoms with Gasteiger partial charge in [0.25, 0.3) is 5.91 Å². The van der Waals surface area contributed by atoms with Gasteiger partial charge in [0.15, 0.2) is 0 Å². The molecule has 2 aromatic heterocycles. The van der Waals surface area contributed by atoms with Gasteiger partial charge in [0.2, 0.25) is 0 Å². The number of pyridine rings is 1. The van der Waals surface area contributed by atoms with E-state index >= 15 is 0 Å². The van der Waals surface area contributed by atoms with Gasteiger partial charge in [-0.25, -0.2) is 0 Å². The molecule has 1 atom stereocenters. The number of hydrogen-bond acceptors (Lipinski definition) is 3. The fourth-order valence-corrected chi connectivity index (χ4v) is 3.59. The molecule has 1 aliphatic heterocycles. The standard InChI is InChI=1S/C22H22N2O2/c1-16-8-13-21(26-16)17-9-11-18(12-10-17)22(25)24-15-5-3-7-20(24)19-6-2-4-14-23-19/h2,4,6,8-14,20H,3,5,7,15H2,1H3. The first-order chi connectivity index (χ1) is 12.7. The number of amides is 1. The van der Waals surface area contributed by atoms with Crippen molar-refractivity contribution in [3.8, 4) is 11.3 Å². The van der Waals surface area contributed by atoms with Crippen molar-refractivity contribution in [3.05, 3.63) is 77.8 Å². The minimum Gasteiger partial charge on any atom is -0.461 e. The van der Waals surface area contributed by atoms with Gasteiger partial charge in [-0.1, -0.05) is 18.2 Å². The van der Waals surface area contributed by atoms with Crippen LogP contribution in [0.2, 0.25) is 0 Å². The maximum Gasteiger partial charge on any atom is 0.254 e. The molecule has 0 radical (unpaired) electrons. The van der Waals surface area contributed by atoms with Crippen molar-refractivity contribution in [2.45, 2.75) is 32.2 Å². The topological polar surface area (TPSA) is 46.3 Å². The zero-order valence-electron chi connectivity index (χ0n) is 14.9. The van der Waals surface area contributed by atoms with Crippen LogP contribution in [-0.2, 0) is 0 Å². The molecule has 3 aromatic rings.